The predicted molar refractivity (Wildman–Crippen MR) is 106 cm³/mol. The molecule has 29 heavy (non-hydrogen) atoms. The molecular weight excluding hydrogens is 368 g/mol. The molecular formula is C23H20N2O4. The third-order valence-corrected chi connectivity index (χ3v) is 7.05. The lowest BCUT2D eigenvalue weighted by atomic mass is 9.69. The molecule has 3 aromatic rings. The highest BCUT2D eigenvalue weighted by atomic mass is 16.5. The van der Waals surface area contributed by atoms with Crippen molar-refractivity contribution in [2.24, 2.45) is 11.8 Å². The summed E-state index contributed by atoms with van der Waals surface area (Å²) in [7, 11) is 0. The molecule has 6 heteroatoms. The Morgan fingerprint density at radius 3 is 2.24 bits per heavy atom. The van der Waals surface area contributed by atoms with E-state index in [-0.39, 0.29) is 11.8 Å². The summed E-state index contributed by atoms with van der Waals surface area (Å²) in [4.78, 5) is 32.4. The van der Waals surface area contributed by atoms with Gasteiger partial charge < -0.3 is 9.15 Å². The zero-order valence-corrected chi connectivity index (χ0v) is 16.2. The van der Waals surface area contributed by atoms with E-state index in [1.807, 2.05) is 50.2 Å². The van der Waals surface area contributed by atoms with Crippen LogP contribution < -0.4 is 4.90 Å². The van der Waals surface area contributed by atoms with E-state index in [0.29, 0.717) is 11.4 Å². The van der Waals surface area contributed by atoms with E-state index in [1.54, 1.807) is 6.20 Å². The lowest BCUT2D eigenvalue weighted by Gasteiger charge is -2.27. The molecule has 3 saturated heterocycles. The molecule has 2 aromatic carbocycles. The third-order valence-electron chi connectivity index (χ3n) is 7.05. The van der Waals surface area contributed by atoms with Crippen LogP contribution in [0.1, 0.15) is 26.7 Å². The monoisotopic (exact) mass is 388 g/mol. The molecule has 4 heterocycles. The summed E-state index contributed by atoms with van der Waals surface area (Å²) in [6, 6.07) is 11.5. The quantitative estimate of drug-likeness (QED) is 0.622. The van der Waals surface area contributed by atoms with Crippen LogP contribution in [0.25, 0.3) is 22.1 Å². The highest BCUT2D eigenvalue weighted by molar-refractivity contribution is 6.26. The zero-order valence-electron chi connectivity index (χ0n) is 16.2. The highest BCUT2D eigenvalue weighted by Crippen LogP contribution is 2.61. The number of carbonyl (C=O) groups is 2. The Balaban J connectivity index is 1.53. The van der Waals surface area contributed by atoms with Crippen LogP contribution in [-0.2, 0) is 14.3 Å². The van der Waals surface area contributed by atoms with Crippen molar-refractivity contribution in [3.05, 3.63) is 49.0 Å². The molecule has 3 aliphatic heterocycles. The van der Waals surface area contributed by atoms with Gasteiger partial charge in [-0.05, 0) is 44.2 Å². The zero-order chi connectivity index (χ0) is 20.0. The van der Waals surface area contributed by atoms with Gasteiger partial charge >= 0.3 is 0 Å². The molecule has 3 fully saturated rings. The molecule has 0 radical (unpaired) electrons. The van der Waals surface area contributed by atoms with E-state index < -0.39 is 23.0 Å². The lowest BCUT2D eigenvalue weighted by molar-refractivity contribution is -0.129. The van der Waals surface area contributed by atoms with Gasteiger partial charge in [0.2, 0.25) is 11.8 Å². The number of hydrogen-bond acceptors (Lipinski definition) is 5. The Morgan fingerprint density at radius 2 is 1.62 bits per heavy atom. The normalized spacial score (nSPS) is 33.1. The highest BCUT2D eigenvalue weighted by Gasteiger charge is 2.72. The summed E-state index contributed by atoms with van der Waals surface area (Å²) < 4.78 is 11.7. The van der Waals surface area contributed by atoms with Crippen molar-refractivity contribution in [2.45, 2.75) is 37.9 Å². The minimum Gasteiger partial charge on any atom is -0.443 e. The fourth-order valence-corrected chi connectivity index (χ4v) is 5.75. The van der Waals surface area contributed by atoms with Crippen molar-refractivity contribution >= 4 is 28.3 Å². The number of anilines is 1. The number of rotatable bonds is 2. The number of aromatic nitrogens is 1. The van der Waals surface area contributed by atoms with Crippen molar-refractivity contribution in [3.63, 3.8) is 0 Å². The van der Waals surface area contributed by atoms with Crippen LogP contribution >= 0.6 is 0 Å². The Labute approximate surface area is 167 Å². The first-order valence-corrected chi connectivity index (χ1v) is 9.92. The van der Waals surface area contributed by atoms with Gasteiger partial charge in [0, 0.05) is 10.9 Å². The van der Waals surface area contributed by atoms with Gasteiger partial charge in [0.05, 0.1) is 34.9 Å². The molecule has 0 N–H and O–H groups in total. The number of carbonyl (C=O) groups excluding carboxylic acids is 2. The molecule has 0 saturated carbocycles. The summed E-state index contributed by atoms with van der Waals surface area (Å²) >= 11 is 0. The fraction of sp³-hybridized carbons (Fsp3) is 0.348. The maximum atomic E-state index is 13.5. The van der Waals surface area contributed by atoms with Gasteiger partial charge in [-0.1, -0.05) is 24.3 Å². The maximum absolute atomic E-state index is 13.5. The van der Waals surface area contributed by atoms with Crippen molar-refractivity contribution in [3.8, 4) is 11.3 Å². The van der Waals surface area contributed by atoms with Crippen LogP contribution in [0.4, 0.5) is 5.69 Å². The standard InChI is InChI=1S/C23H20N2O4/c1-22-9-10-23(2,29-22)19-18(22)20(26)25(21(19)27)16-8-7-15(17-11-24-12-28-17)13-5-3-4-6-14(13)16/h3-8,11-12,18-19H,9-10H2,1-2H3. The first kappa shape index (κ1) is 16.9. The topological polar surface area (TPSA) is 72.6 Å². The SMILES string of the molecule is CC12CCC(C)(O1)C1C(=O)N(c3ccc(-c4cnco4)c4ccccc34)C(=O)C12. The van der Waals surface area contributed by atoms with E-state index in [4.69, 9.17) is 9.15 Å². The van der Waals surface area contributed by atoms with E-state index in [1.165, 1.54) is 11.3 Å². The Bertz CT molecular complexity index is 1150. The van der Waals surface area contributed by atoms with Crippen molar-refractivity contribution < 1.29 is 18.7 Å². The van der Waals surface area contributed by atoms with E-state index >= 15 is 0 Å². The second-order valence-corrected chi connectivity index (χ2v) is 8.74. The summed E-state index contributed by atoms with van der Waals surface area (Å²) in [5.74, 6) is -0.481. The summed E-state index contributed by atoms with van der Waals surface area (Å²) in [5, 5.41) is 1.75. The van der Waals surface area contributed by atoms with Gasteiger partial charge in [-0.25, -0.2) is 9.88 Å². The minimum atomic E-state index is -0.559. The predicted octanol–water partition coefficient (Wildman–Crippen LogP) is 3.94. The molecule has 0 spiro atoms. The number of imide groups is 1. The number of nitrogens with zero attached hydrogens (tertiary/aromatic N) is 2. The molecule has 4 unspecified atom stereocenters. The molecule has 2 amide bonds. The van der Waals surface area contributed by atoms with Gasteiger partial charge in [-0.15, -0.1) is 0 Å². The summed E-state index contributed by atoms with van der Waals surface area (Å²) in [5.41, 5.74) is 0.385. The minimum absolute atomic E-state index is 0.150. The van der Waals surface area contributed by atoms with Gasteiger partial charge in [0.15, 0.2) is 12.2 Å². The number of fused-ring (bicyclic) bond motifs is 6. The van der Waals surface area contributed by atoms with Gasteiger partial charge in [-0.2, -0.15) is 0 Å². The second-order valence-electron chi connectivity index (χ2n) is 8.74. The average molecular weight is 388 g/mol. The average Bonchev–Trinajstić information content (AvgIpc) is 3.44. The van der Waals surface area contributed by atoms with Crippen LogP contribution in [0.2, 0.25) is 0 Å². The number of oxazole rings is 1. The van der Waals surface area contributed by atoms with Crippen molar-refractivity contribution in [1.82, 2.24) is 4.98 Å². The molecule has 6 nitrogen and oxygen atoms in total. The van der Waals surface area contributed by atoms with Crippen LogP contribution in [0.3, 0.4) is 0 Å². The fourth-order valence-electron chi connectivity index (χ4n) is 5.75. The first-order valence-electron chi connectivity index (χ1n) is 9.92. The largest absolute Gasteiger partial charge is 0.443 e. The van der Waals surface area contributed by atoms with Gasteiger partial charge in [0.1, 0.15) is 0 Å². The Hall–Kier alpha value is -2.99. The molecule has 146 valence electrons. The van der Waals surface area contributed by atoms with Gasteiger partial charge in [0.25, 0.3) is 0 Å². The van der Waals surface area contributed by atoms with Crippen LogP contribution in [0, 0.1) is 11.8 Å². The molecule has 0 aliphatic carbocycles. The van der Waals surface area contributed by atoms with E-state index in [0.717, 1.165) is 29.2 Å². The van der Waals surface area contributed by atoms with E-state index in [2.05, 4.69) is 4.98 Å². The maximum Gasteiger partial charge on any atom is 0.240 e. The number of amides is 2. The molecule has 3 aliphatic rings. The number of ether oxygens (including phenoxy) is 1. The van der Waals surface area contributed by atoms with Crippen molar-refractivity contribution in [2.75, 3.05) is 4.90 Å². The van der Waals surface area contributed by atoms with Crippen LogP contribution in [-0.4, -0.2) is 28.0 Å². The number of benzene rings is 2. The molecule has 6 rings (SSSR count). The Morgan fingerprint density at radius 1 is 0.966 bits per heavy atom. The Kier molecular flexibility index (Phi) is 3.11. The first-order chi connectivity index (χ1) is 13.9. The summed E-state index contributed by atoms with van der Waals surface area (Å²) in [6.07, 6.45) is 4.67. The number of hydrogen-bond donors (Lipinski definition) is 0. The molecule has 1 aromatic heterocycles. The smallest absolute Gasteiger partial charge is 0.240 e. The summed E-state index contributed by atoms with van der Waals surface area (Å²) in [6.45, 7) is 3.95. The van der Waals surface area contributed by atoms with E-state index in [9.17, 15) is 9.59 Å². The van der Waals surface area contributed by atoms with Crippen LogP contribution in [0.5, 0.6) is 0 Å². The van der Waals surface area contributed by atoms with Gasteiger partial charge in [-0.3, -0.25) is 9.59 Å². The third kappa shape index (κ3) is 2.02. The van der Waals surface area contributed by atoms with Crippen LogP contribution in [0.15, 0.2) is 53.4 Å². The lowest BCUT2D eigenvalue weighted by Crippen LogP contribution is -2.40. The second kappa shape index (κ2) is 5.33. The molecule has 2 bridgehead atoms. The molecule has 4 atom stereocenters. The van der Waals surface area contributed by atoms with Crippen molar-refractivity contribution in [1.29, 1.82) is 0 Å².